The van der Waals surface area contributed by atoms with Crippen molar-refractivity contribution in [3.8, 4) is 0 Å². The number of fused-ring (bicyclic) bond motifs is 2. The molecule has 29 heavy (non-hydrogen) atoms. The number of anilines is 1. The minimum Gasteiger partial charge on any atom is -0.338 e. The van der Waals surface area contributed by atoms with Gasteiger partial charge in [0.25, 0.3) is 0 Å². The molecule has 1 aromatic carbocycles. The van der Waals surface area contributed by atoms with E-state index < -0.39 is 0 Å². The standard InChI is InChI=1S/C22H23ClN6/c1-14-11-26-22-20(14)28-21(16-4-2-3-5-18(16)23)17-12-25-15(10-19(17)27-22)13-29-8-6-24-7-9-29/h2-5,10,12,24H,6-9,11,13H2,1H3,(H,26,27). The Labute approximate surface area is 175 Å². The van der Waals surface area contributed by atoms with Gasteiger partial charge in [0, 0.05) is 55.1 Å². The highest BCUT2D eigenvalue weighted by Gasteiger charge is 2.26. The van der Waals surface area contributed by atoms with Crippen molar-refractivity contribution in [3.05, 3.63) is 69.6 Å². The fourth-order valence-electron chi connectivity index (χ4n) is 3.93. The Morgan fingerprint density at radius 3 is 2.79 bits per heavy atom. The summed E-state index contributed by atoms with van der Waals surface area (Å²) in [4.78, 5) is 16.8. The van der Waals surface area contributed by atoms with Crippen LogP contribution >= 0.6 is 11.6 Å². The molecular formula is C22H23ClN6. The Morgan fingerprint density at radius 2 is 1.97 bits per heavy atom. The minimum atomic E-state index is 0.672. The molecule has 0 unspecified atom stereocenters. The Morgan fingerprint density at radius 1 is 1.14 bits per heavy atom. The maximum atomic E-state index is 6.54. The molecule has 1 saturated heterocycles. The van der Waals surface area contributed by atoms with E-state index in [0.29, 0.717) is 11.6 Å². The number of nitrogens with one attached hydrogen (secondary N) is 2. The number of amidine groups is 1. The zero-order valence-corrected chi connectivity index (χ0v) is 17.1. The summed E-state index contributed by atoms with van der Waals surface area (Å²) in [6.07, 6.45) is 1.92. The summed E-state index contributed by atoms with van der Waals surface area (Å²) in [7, 11) is 0. The second-order valence-electron chi connectivity index (χ2n) is 7.61. The van der Waals surface area contributed by atoms with Gasteiger partial charge in [-0.3, -0.25) is 14.9 Å². The van der Waals surface area contributed by atoms with Crippen molar-refractivity contribution in [2.75, 3.05) is 38.0 Å². The normalized spacial score (nSPS) is 19.1. The number of aromatic nitrogens is 1. The lowest BCUT2D eigenvalue weighted by molar-refractivity contribution is 0.231. The molecule has 2 N–H and O–H groups in total. The van der Waals surface area contributed by atoms with Crippen molar-refractivity contribution in [2.24, 2.45) is 9.98 Å². The number of hydrogen-bond donors (Lipinski definition) is 2. The molecule has 0 aliphatic carbocycles. The predicted octanol–water partition coefficient (Wildman–Crippen LogP) is 3.09. The summed E-state index contributed by atoms with van der Waals surface area (Å²) in [5.41, 5.74) is 6.76. The van der Waals surface area contributed by atoms with Crippen LogP contribution in [0.3, 0.4) is 0 Å². The van der Waals surface area contributed by atoms with Crippen LogP contribution in [0.4, 0.5) is 5.69 Å². The van der Waals surface area contributed by atoms with Crippen molar-refractivity contribution in [1.29, 1.82) is 0 Å². The summed E-state index contributed by atoms with van der Waals surface area (Å²) >= 11 is 6.54. The van der Waals surface area contributed by atoms with E-state index in [0.717, 1.165) is 78.0 Å². The van der Waals surface area contributed by atoms with Crippen LogP contribution in [0.1, 0.15) is 23.7 Å². The van der Waals surface area contributed by atoms with Gasteiger partial charge in [0.2, 0.25) is 0 Å². The molecule has 7 heteroatoms. The fraction of sp³-hybridized carbons (Fsp3) is 0.318. The van der Waals surface area contributed by atoms with Gasteiger partial charge >= 0.3 is 0 Å². The molecule has 0 saturated carbocycles. The number of halogens is 1. The average molecular weight is 407 g/mol. The molecule has 0 amide bonds. The molecule has 5 rings (SSSR count). The number of piperazine rings is 1. The van der Waals surface area contributed by atoms with E-state index in [1.165, 1.54) is 0 Å². The first kappa shape index (κ1) is 18.5. The highest BCUT2D eigenvalue weighted by molar-refractivity contribution is 6.36. The van der Waals surface area contributed by atoms with Crippen LogP contribution in [0.5, 0.6) is 0 Å². The number of aliphatic imine (C=N–C) groups is 2. The third-order valence-corrected chi connectivity index (χ3v) is 5.85. The van der Waals surface area contributed by atoms with E-state index in [9.17, 15) is 0 Å². The van der Waals surface area contributed by atoms with Crippen molar-refractivity contribution >= 4 is 28.8 Å². The number of pyridine rings is 1. The molecule has 4 heterocycles. The van der Waals surface area contributed by atoms with Gasteiger partial charge in [-0.2, -0.15) is 0 Å². The Kier molecular flexibility index (Phi) is 4.91. The monoisotopic (exact) mass is 406 g/mol. The summed E-state index contributed by atoms with van der Waals surface area (Å²) in [6.45, 7) is 7.71. The topological polar surface area (TPSA) is 64.9 Å². The fourth-order valence-corrected chi connectivity index (χ4v) is 4.16. The van der Waals surface area contributed by atoms with E-state index in [4.69, 9.17) is 21.6 Å². The SMILES string of the molecule is CC1=C2N=C(c3ccccc3Cl)c3cnc(CN4CCNCC4)cc3NC2=NC1. The molecule has 1 fully saturated rings. The number of benzene rings is 1. The molecule has 0 radical (unpaired) electrons. The van der Waals surface area contributed by atoms with Crippen LogP contribution in [0.2, 0.25) is 5.02 Å². The van der Waals surface area contributed by atoms with Crippen LogP contribution in [-0.4, -0.2) is 54.2 Å². The maximum absolute atomic E-state index is 6.54. The highest BCUT2D eigenvalue weighted by Crippen LogP contribution is 2.31. The first-order chi connectivity index (χ1) is 14.2. The van der Waals surface area contributed by atoms with E-state index in [-0.39, 0.29) is 0 Å². The zero-order chi connectivity index (χ0) is 19.8. The smallest absolute Gasteiger partial charge is 0.152 e. The van der Waals surface area contributed by atoms with Crippen LogP contribution in [0.25, 0.3) is 0 Å². The lowest BCUT2D eigenvalue weighted by Gasteiger charge is -2.27. The molecular weight excluding hydrogens is 384 g/mol. The Balaban J connectivity index is 1.58. The summed E-state index contributed by atoms with van der Waals surface area (Å²) in [6, 6.07) is 9.95. The second-order valence-corrected chi connectivity index (χ2v) is 8.01. The largest absolute Gasteiger partial charge is 0.338 e. The zero-order valence-electron chi connectivity index (χ0n) is 16.4. The van der Waals surface area contributed by atoms with Gasteiger partial charge in [-0.15, -0.1) is 0 Å². The van der Waals surface area contributed by atoms with Gasteiger partial charge in [-0.25, -0.2) is 4.99 Å². The number of rotatable bonds is 3. The van der Waals surface area contributed by atoms with Crippen LogP contribution in [0.15, 0.2) is 57.8 Å². The molecule has 0 spiro atoms. The van der Waals surface area contributed by atoms with Gasteiger partial charge in [0.05, 0.1) is 23.6 Å². The first-order valence-electron chi connectivity index (χ1n) is 9.96. The average Bonchev–Trinajstić information content (AvgIpc) is 2.98. The van der Waals surface area contributed by atoms with Gasteiger partial charge in [0.1, 0.15) is 5.70 Å². The molecule has 2 aromatic rings. The van der Waals surface area contributed by atoms with Crippen molar-refractivity contribution in [1.82, 2.24) is 15.2 Å². The molecule has 1 aromatic heterocycles. The highest BCUT2D eigenvalue weighted by atomic mass is 35.5. The predicted molar refractivity (Wildman–Crippen MR) is 118 cm³/mol. The Bertz CT molecular complexity index is 1050. The lowest BCUT2D eigenvalue weighted by atomic mass is 10.0. The van der Waals surface area contributed by atoms with Crippen LogP contribution < -0.4 is 10.6 Å². The third-order valence-electron chi connectivity index (χ3n) is 5.52. The van der Waals surface area contributed by atoms with Crippen molar-refractivity contribution in [2.45, 2.75) is 13.5 Å². The van der Waals surface area contributed by atoms with E-state index >= 15 is 0 Å². The maximum Gasteiger partial charge on any atom is 0.152 e. The van der Waals surface area contributed by atoms with E-state index in [1.54, 1.807) is 0 Å². The summed E-state index contributed by atoms with van der Waals surface area (Å²) < 4.78 is 0. The minimum absolute atomic E-state index is 0.672. The van der Waals surface area contributed by atoms with Crippen molar-refractivity contribution in [3.63, 3.8) is 0 Å². The van der Waals surface area contributed by atoms with Crippen LogP contribution in [-0.2, 0) is 6.54 Å². The van der Waals surface area contributed by atoms with Crippen molar-refractivity contribution < 1.29 is 0 Å². The van der Waals surface area contributed by atoms with Crippen LogP contribution in [0, 0.1) is 0 Å². The van der Waals surface area contributed by atoms with Gasteiger partial charge in [-0.1, -0.05) is 29.8 Å². The number of hydrogen-bond acceptors (Lipinski definition) is 6. The second kappa shape index (κ2) is 7.71. The third kappa shape index (κ3) is 3.59. The molecule has 6 nitrogen and oxygen atoms in total. The Hall–Kier alpha value is -2.54. The van der Waals surface area contributed by atoms with E-state index in [2.05, 4.69) is 33.5 Å². The molecule has 148 valence electrons. The quantitative estimate of drug-likeness (QED) is 0.822. The first-order valence-corrected chi connectivity index (χ1v) is 10.3. The number of nitrogens with zero attached hydrogens (tertiary/aromatic N) is 4. The molecule has 3 aliphatic rings. The van der Waals surface area contributed by atoms with E-state index in [1.807, 2.05) is 30.5 Å². The van der Waals surface area contributed by atoms with Gasteiger partial charge < -0.3 is 10.6 Å². The molecule has 0 atom stereocenters. The summed E-state index contributed by atoms with van der Waals surface area (Å²) in [5, 5.41) is 7.59. The summed E-state index contributed by atoms with van der Waals surface area (Å²) in [5.74, 6) is 0.824. The van der Waals surface area contributed by atoms with Gasteiger partial charge in [0.15, 0.2) is 5.84 Å². The molecule has 0 bridgehead atoms. The molecule has 3 aliphatic heterocycles. The van der Waals surface area contributed by atoms with Gasteiger partial charge in [-0.05, 0) is 24.6 Å². The lowest BCUT2D eigenvalue weighted by Crippen LogP contribution is -2.43.